The van der Waals surface area contributed by atoms with Gasteiger partial charge in [-0.15, -0.1) is 12.4 Å². The van der Waals surface area contributed by atoms with Crippen LogP contribution in [0.25, 0.3) is 0 Å². The van der Waals surface area contributed by atoms with Gasteiger partial charge in [0, 0.05) is 12.6 Å². The van der Waals surface area contributed by atoms with Crippen LogP contribution in [0.5, 0.6) is 0 Å². The van der Waals surface area contributed by atoms with Gasteiger partial charge in [0.1, 0.15) is 0 Å². The molecule has 1 saturated carbocycles. The molecule has 2 unspecified atom stereocenters. The molecule has 2 heterocycles. The summed E-state index contributed by atoms with van der Waals surface area (Å²) < 4.78 is 5.87. The van der Waals surface area contributed by atoms with Gasteiger partial charge in [0.25, 0.3) is 0 Å². The van der Waals surface area contributed by atoms with Crippen LogP contribution in [0.2, 0.25) is 0 Å². The quantitative estimate of drug-likeness (QED) is 0.853. The zero-order valence-corrected chi connectivity index (χ0v) is 12.1. The van der Waals surface area contributed by atoms with E-state index in [1.807, 2.05) is 0 Å². The second-order valence-electron chi connectivity index (χ2n) is 5.93. The SMILES string of the molecule is C1CC2OCCN(CCC3CCNCC3)C2C1.Cl. The lowest BCUT2D eigenvalue weighted by molar-refractivity contribution is -0.0571. The summed E-state index contributed by atoms with van der Waals surface area (Å²) in [4.78, 5) is 2.73. The van der Waals surface area contributed by atoms with Gasteiger partial charge >= 0.3 is 0 Å². The molecular formula is C14H27ClN2O. The van der Waals surface area contributed by atoms with Crippen LogP contribution in [-0.2, 0) is 4.74 Å². The molecule has 1 aliphatic carbocycles. The van der Waals surface area contributed by atoms with Gasteiger partial charge in [-0.1, -0.05) is 0 Å². The lowest BCUT2D eigenvalue weighted by Crippen LogP contribution is -2.49. The number of nitrogens with one attached hydrogen (secondary N) is 1. The van der Waals surface area contributed by atoms with Crippen LogP contribution in [0.3, 0.4) is 0 Å². The highest BCUT2D eigenvalue weighted by molar-refractivity contribution is 5.85. The Kier molecular flexibility index (Phi) is 5.74. The first-order valence-corrected chi connectivity index (χ1v) is 7.50. The fourth-order valence-corrected chi connectivity index (χ4v) is 3.80. The molecule has 3 rings (SSSR count). The molecule has 0 aromatic heterocycles. The van der Waals surface area contributed by atoms with Gasteiger partial charge in [-0.05, 0) is 64.1 Å². The topological polar surface area (TPSA) is 24.5 Å². The van der Waals surface area contributed by atoms with Crippen LogP contribution in [-0.4, -0.2) is 49.8 Å². The third kappa shape index (κ3) is 3.38. The molecule has 0 amide bonds. The number of nitrogens with zero attached hydrogens (tertiary/aromatic N) is 1. The van der Waals surface area contributed by atoms with Gasteiger partial charge < -0.3 is 10.1 Å². The number of halogens is 1. The molecular weight excluding hydrogens is 248 g/mol. The zero-order valence-electron chi connectivity index (χ0n) is 11.3. The van der Waals surface area contributed by atoms with E-state index in [0.717, 1.165) is 18.6 Å². The molecule has 2 saturated heterocycles. The minimum absolute atomic E-state index is 0. The van der Waals surface area contributed by atoms with Crippen LogP contribution < -0.4 is 5.32 Å². The van der Waals surface area contributed by atoms with Crippen molar-refractivity contribution in [3.63, 3.8) is 0 Å². The number of rotatable bonds is 3. The Labute approximate surface area is 117 Å². The Bertz CT molecular complexity index is 246. The van der Waals surface area contributed by atoms with Crippen LogP contribution in [0.1, 0.15) is 38.5 Å². The van der Waals surface area contributed by atoms with Gasteiger partial charge in [0.15, 0.2) is 0 Å². The average molecular weight is 275 g/mol. The molecule has 1 N–H and O–H groups in total. The fraction of sp³-hybridized carbons (Fsp3) is 1.00. The van der Waals surface area contributed by atoms with E-state index >= 15 is 0 Å². The predicted molar refractivity (Wildman–Crippen MR) is 76.4 cm³/mol. The van der Waals surface area contributed by atoms with Crippen molar-refractivity contribution in [1.82, 2.24) is 10.2 Å². The molecule has 3 aliphatic rings. The van der Waals surface area contributed by atoms with Crippen LogP contribution in [0.15, 0.2) is 0 Å². The second kappa shape index (κ2) is 7.09. The lowest BCUT2D eigenvalue weighted by Gasteiger charge is -2.38. The summed E-state index contributed by atoms with van der Waals surface area (Å²) in [6, 6.07) is 0.755. The van der Waals surface area contributed by atoms with E-state index in [0.29, 0.717) is 6.10 Å². The number of ether oxygens (including phenoxy) is 1. The number of fused-ring (bicyclic) bond motifs is 1. The highest BCUT2D eigenvalue weighted by Crippen LogP contribution is 2.30. The number of piperidine rings is 1. The summed E-state index contributed by atoms with van der Waals surface area (Å²) in [5, 5.41) is 3.46. The predicted octanol–water partition coefficient (Wildman–Crippen LogP) is 2.05. The Morgan fingerprint density at radius 1 is 1.11 bits per heavy atom. The van der Waals surface area contributed by atoms with E-state index in [4.69, 9.17) is 4.74 Å². The van der Waals surface area contributed by atoms with Crippen molar-refractivity contribution in [2.24, 2.45) is 5.92 Å². The largest absolute Gasteiger partial charge is 0.375 e. The minimum Gasteiger partial charge on any atom is -0.375 e. The van der Waals surface area contributed by atoms with E-state index in [1.54, 1.807) is 0 Å². The van der Waals surface area contributed by atoms with Crippen molar-refractivity contribution < 1.29 is 4.74 Å². The summed E-state index contributed by atoms with van der Waals surface area (Å²) in [6.07, 6.45) is 8.79. The first-order valence-electron chi connectivity index (χ1n) is 7.50. The molecule has 2 atom stereocenters. The summed E-state index contributed by atoms with van der Waals surface area (Å²) in [6.45, 7) is 5.92. The van der Waals surface area contributed by atoms with Gasteiger partial charge in [-0.3, -0.25) is 4.90 Å². The third-order valence-corrected chi connectivity index (χ3v) is 4.88. The molecule has 18 heavy (non-hydrogen) atoms. The van der Waals surface area contributed by atoms with Crippen molar-refractivity contribution in [1.29, 1.82) is 0 Å². The van der Waals surface area contributed by atoms with Crippen molar-refractivity contribution in [3.8, 4) is 0 Å². The van der Waals surface area contributed by atoms with E-state index in [-0.39, 0.29) is 12.4 Å². The molecule has 0 radical (unpaired) electrons. The summed E-state index contributed by atoms with van der Waals surface area (Å²) in [5.74, 6) is 0.971. The number of morpholine rings is 1. The van der Waals surface area contributed by atoms with Crippen molar-refractivity contribution in [2.45, 2.75) is 50.7 Å². The summed E-state index contributed by atoms with van der Waals surface area (Å²) in [5.41, 5.74) is 0. The van der Waals surface area contributed by atoms with E-state index in [9.17, 15) is 0 Å². The maximum absolute atomic E-state index is 5.87. The highest BCUT2D eigenvalue weighted by Gasteiger charge is 2.35. The maximum Gasteiger partial charge on any atom is 0.0730 e. The summed E-state index contributed by atoms with van der Waals surface area (Å²) >= 11 is 0. The van der Waals surface area contributed by atoms with Crippen LogP contribution >= 0.6 is 12.4 Å². The third-order valence-electron chi connectivity index (χ3n) is 4.88. The first kappa shape index (κ1) is 14.6. The Hall–Kier alpha value is 0.170. The second-order valence-corrected chi connectivity index (χ2v) is 5.93. The molecule has 2 aliphatic heterocycles. The molecule has 0 aromatic carbocycles. The number of hydrogen-bond acceptors (Lipinski definition) is 3. The van der Waals surface area contributed by atoms with Gasteiger partial charge in [0.2, 0.25) is 0 Å². The van der Waals surface area contributed by atoms with Crippen molar-refractivity contribution in [2.75, 3.05) is 32.8 Å². The Morgan fingerprint density at radius 3 is 2.78 bits per heavy atom. The van der Waals surface area contributed by atoms with Gasteiger partial charge in [0.05, 0.1) is 12.7 Å². The average Bonchev–Trinajstić information content (AvgIpc) is 2.86. The normalized spacial score (nSPS) is 34.0. The van der Waals surface area contributed by atoms with Gasteiger partial charge in [-0.2, -0.15) is 0 Å². The summed E-state index contributed by atoms with van der Waals surface area (Å²) in [7, 11) is 0. The minimum atomic E-state index is 0. The maximum atomic E-state index is 5.87. The van der Waals surface area contributed by atoms with Crippen molar-refractivity contribution >= 4 is 12.4 Å². The molecule has 3 nitrogen and oxygen atoms in total. The standard InChI is InChI=1S/C14H26N2O.ClH/c1-2-13-14(3-1)17-11-10-16(13)9-6-12-4-7-15-8-5-12;/h12-15H,1-11H2;1H. The molecule has 0 bridgehead atoms. The van der Waals surface area contributed by atoms with E-state index in [2.05, 4.69) is 10.2 Å². The molecule has 106 valence electrons. The molecule has 0 spiro atoms. The number of hydrogen-bond donors (Lipinski definition) is 1. The monoisotopic (exact) mass is 274 g/mol. The van der Waals surface area contributed by atoms with Crippen LogP contribution in [0.4, 0.5) is 0 Å². The van der Waals surface area contributed by atoms with E-state index < -0.39 is 0 Å². The Morgan fingerprint density at radius 2 is 1.94 bits per heavy atom. The Balaban J connectivity index is 0.00000120. The molecule has 0 aromatic rings. The van der Waals surface area contributed by atoms with Crippen LogP contribution in [0, 0.1) is 5.92 Å². The van der Waals surface area contributed by atoms with E-state index in [1.165, 1.54) is 64.7 Å². The molecule has 3 fully saturated rings. The fourth-order valence-electron chi connectivity index (χ4n) is 3.80. The first-order chi connectivity index (χ1) is 8.43. The molecule has 4 heteroatoms. The lowest BCUT2D eigenvalue weighted by atomic mass is 9.94. The smallest absolute Gasteiger partial charge is 0.0730 e. The zero-order chi connectivity index (χ0) is 11.5. The van der Waals surface area contributed by atoms with Crippen molar-refractivity contribution in [3.05, 3.63) is 0 Å². The van der Waals surface area contributed by atoms with Gasteiger partial charge in [-0.25, -0.2) is 0 Å². The highest BCUT2D eigenvalue weighted by atomic mass is 35.5.